The molecule has 2 aromatic heterocycles. The van der Waals surface area contributed by atoms with Crippen LogP contribution >= 0.6 is 11.3 Å². The molecule has 3 heterocycles. The third-order valence-electron chi connectivity index (χ3n) is 11.5. The van der Waals surface area contributed by atoms with Gasteiger partial charge >= 0.3 is 5.97 Å². The summed E-state index contributed by atoms with van der Waals surface area (Å²) >= 11 is 1.43. The highest BCUT2D eigenvalue weighted by atomic mass is 32.1. The number of benzene rings is 1. The number of carboxylic acid groups (broad SMARTS) is 1. The van der Waals surface area contributed by atoms with Gasteiger partial charge in [0.2, 0.25) is 5.91 Å². The third kappa shape index (κ3) is 9.36. The number of hydrogen-bond acceptors (Lipinski definition) is 7. The molecule has 2 saturated carbocycles. The van der Waals surface area contributed by atoms with Crippen molar-refractivity contribution in [3.8, 4) is 11.4 Å². The zero-order chi connectivity index (χ0) is 36.1. The lowest BCUT2D eigenvalue weighted by atomic mass is 9.72. The zero-order valence-corrected chi connectivity index (χ0v) is 31.5. The third-order valence-corrected chi connectivity index (χ3v) is 13.0. The van der Waals surface area contributed by atoms with E-state index in [9.17, 15) is 19.5 Å². The number of nitrogens with one attached hydrogen (secondary N) is 2. The van der Waals surface area contributed by atoms with Crippen molar-refractivity contribution in [2.24, 2.45) is 23.7 Å². The molecule has 1 aliphatic heterocycles. The minimum Gasteiger partial charge on any atom is -0.481 e. The summed E-state index contributed by atoms with van der Waals surface area (Å²) in [7, 11) is 0. The van der Waals surface area contributed by atoms with E-state index in [1.807, 2.05) is 42.7 Å². The molecule has 1 atom stereocenters. The smallest absolute Gasteiger partial charge is 0.306 e. The molecular weight excluding hydrogens is 659 g/mol. The molecule has 6 rings (SSSR count). The van der Waals surface area contributed by atoms with E-state index < -0.39 is 17.9 Å². The molecule has 2 aliphatic carbocycles. The number of aliphatic carboxylic acids is 1. The van der Waals surface area contributed by atoms with Crippen molar-refractivity contribution in [2.45, 2.75) is 116 Å². The number of thiophene rings is 1. The van der Waals surface area contributed by atoms with Gasteiger partial charge in [0.15, 0.2) is 5.82 Å². The van der Waals surface area contributed by atoms with Gasteiger partial charge in [-0.1, -0.05) is 77.6 Å². The molecule has 0 spiro atoms. The van der Waals surface area contributed by atoms with Crippen molar-refractivity contribution in [2.75, 3.05) is 18.0 Å². The molecule has 3 N–H and O–H groups in total. The van der Waals surface area contributed by atoms with E-state index in [1.165, 1.54) is 62.7 Å². The number of amides is 2. The molecule has 3 fully saturated rings. The molecule has 3 aliphatic rings. The van der Waals surface area contributed by atoms with E-state index in [-0.39, 0.29) is 23.3 Å². The second-order valence-electron chi connectivity index (χ2n) is 16.2. The van der Waals surface area contributed by atoms with Gasteiger partial charge in [0.05, 0.1) is 28.9 Å². The van der Waals surface area contributed by atoms with Crippen molar-refractivity contribution in [3.63, 3.8) is 0 Å². The van der Waals surface area contributed by atoms with Crippen molar-refractivity contribution >= 4 is 34.8 Å². The fourth-order valence-electron chi connectivity index (χ4n) is 8.19. The summed E-state index contributed by atoms with van der Waals surface area (Å²) in [6, 6.07) is 10.6. The number of hydrogen-bond donors (Lipinski definition) is 3. The van der Waals surface area contributed by atoms with Crippen LogP contribution in [0.15, 0.2) is 48.8 Å². The molecular formula is C41H55N5O4S. The first-order valence-electron chi connectivity index (χ1n) is 19.1. The highest BCUT2D eigenvalue weighted by Gasteiger charge is 2.37. The maximum atomic E-state index is 13.4. The topological polar surface area (TPSA) is 125 Å². The fourth-order valence-corrected chi connectivity index (χ4v) is 9.15. The van der Waals surface area contributed by atoms with Gasteiger partial charge in [-0.3, -0.25) is 14.4 Å². The Morgan fingerprint density at radius 2 is 1.57 bits per heavy atom. The van der Waals surface area contributed by atoms with Gasteiger partial charge in [0, 0.05) is 36.0 Å². The maximum Gasteiger partial charge on any atom is 0.306 e. The summed E-state index contributed by atoms with van der Waals surface area (Å²) in [5.41, 5.74) is 2.76. The Morgan fingerprint density at radius 3 is 2.16 bits per heavy atom. The number of piperidine rings is 1. The number of rotatable bonds is 12. The van der Waals surface area contributed by atoms with Gasteiger partial charge in [0.25, 0.3) is 5.91 Å². The molecule has 3 aromatic rings. The summed E-state index contributed by atoms with van der Waals surface area (Å²) < 4.78 is 0. The van der Waals surface area contributed by atoms with Crippen LogP contribution < -0.4 is 15.5 Å². The summed E-state index contributed by atoms with van der Waals surface area (Å²) in [5, 5.41) is 15.2. The lowest BCUT2D eigenvalue weighted by Gasteiger charge is -2.39. The van der Waals surface area contributed by atoms with Gasteiger partial charge in [-0.2, -0.15) is 0 Å². The molecule has 0 unspecified atom stereocenters. The lowest BCUT2D eigenvalue weighted by Crippen LogP contribution is -2.54. The Bertz CT molecular complexity index is 1630. The van der Waals surface area contributed by atoms with Crippen LogP contribution in [0.2, 0.25) is 0 Å². The number of aromatic nitrogens is 2. The molecule has 9 nitrogen and oxygen atoms in total. The quantitative estimate of drug-likeness (QED) is 0.176. The highest BCUT2D eigenvalue weighted by molar-refractivity contribution is 7.14. The Labute approximate surface area is 307 Å². The van der Waals surface area contributed by atoms with Crippen molar-refractivity contribution in [1.29, 1.82) is 0 Å². The lowest BCUT2D eigenvalue weighted by molar-refractivity contribution is -0.146. The van der Waals surface area contributed by atoms with Gasteiger partial charge in [-0.05, 0) is 79.4 Å². The van der Waals surface area contributed by atoms with Gasteiger partial charge in [-0.15, -0.1) is 11.3 Å². The van der Waals surface area contributed by atoms with Gasteiger partial charge in [0.1, 0.15) is 6.04 Å². The highest BCUT2D eigenvalue weighted by Crippen LogP contribution is 2.40. The Morgan fingerprint density at radius 1 is 0.922 bits per heavy atom. The molecule has 10 heteroatoms. The van der Waals surface area contributed by atoms with Gasteiger partial charge < -0.3 is 20.6 Å². The number of nitrogens with zero attached hydrogens (tertiary/aromatic N) is 3. The molecule has 1 aromatic carbocycles. The molecule has 51 heavy (non-hydrogen) atoms. The van der Waals surface area contributed by atoms with Crippen molar-refractivity contribution < 1.29 is 19.5 Å². The number of anilines is 1. The van der Waals surface area contributed by atoms with Crippen LogP contribution in [0, 0.1) is 23.7 Å². The van der Waals surface area contributed by atoms with Crippen LogP contribution in [0.4, 0.5) is 5.69 Å². The molecule has 2 amide bonds. The first kappa shape index (κ1) is 37.0. The first-order valence-corrected chi connectivity index (χ1v) is 19.9. The molecule has 0 radical (unpaired) electrons. The normalized spacial score (nSPS) is 23.3. The first-order chi connectivity index (χ1) is 24.5. The maximum absolute atomic E-state index is 13.4. The van der Waals surface area contributed by atoms with Crippen molar-refractivity contribution in [3.05, 3.63) is 64.1 Å². The van der Waals surface area contributed by atoms with Crippen molar-refractivity contribution in [1.82, 2.24) is 20.6 Å². The van der Waals surface area contributed by atoms with Gasteiger partial charge in [-0.25, -0.2) is 9.97 Å². The van der Waals surface area contributed by atoms with Crippen LogP contribution in [0.5, 0.6) is 0 Å². The number of carbonyl (C=O) groups excluding carboxylic acids is 2. The predicted molar refractivity (Wildman–Crippen MR) is 203 cm³/mol. The summed E-state index contributed by atoms with van der Waals surface area (Å²) in [6.45, 7) is 10.7. The number of carbonyl (C=O) groups is 3. The minimum atomic E-state index is -0.841. The van der Waals surface area contributed by atoms with Crippen LogP contribution in [0.1, 0.15) is 112 Å². The second kappa shape index (κ2) is 16.3. The summed E-state index contributed by atoms with van der Waals surface area (Å²) in [5.74, 6) is 1.48. The van der Waals surface area contributed by atoms with E-state index >= 15 is 0 Å². The second-order valence-corrected chi connectivity index (χ2v) is 17.3. The van der Waals surface area contributed by atoms with Crippen LogP contribution in [-0.2, 0) is 21.4 Å². The fraction of sp³-hybridized carbons (Fsp3) is 0.585. The van der Waals surface area contributed by atoms with E-state index in [1.54, 1.807) is 6.07 Å². The van der Waals surface area contributed by atoms with E-state index in [0.717, 1.165) is 52.5 Å². The Kier molecular flexibility index (Phi) is 11.8. The summed E-state index contributed by atoms with van der Waals surface area (Å²) in [6.07, 6.45) is 15.9. The minimum absolute atomic E-state index is 0.0829. The van der Waals surface area contributed by atoms with E-state index in [4.69, 9.17) is 9.97 Å². The monoisotopic (exact) mass is 713 g/mol. The predicted octanol–water partition coefficient (Wildman–Crippen LogP) is 7.65. The number of carboxylic acids is 1. The van der Waals surface area contributed by atoms with E-state index in [0.29, 0.717) is 30.0 Å². The van der Waals surface area contributed by atoms with Crippen LogP contribution in [-0.4, -0.2) is 58.0 Å². The van der Waals surface area contributed by atoms with Crippen LogP contribution in [0.3, 0.4) is 0 Å². The Balaban J connectivity index is 1.05. The largest absolute Gasteiger partial charge is 0.481 e. The van der Waals surface area contributed by atoms with E-state index in [2.05, 4.69) is 43.2 Å². The SMILES string of the molecule is CCCC1CCC(C2CCN(c3cnc(-c4ccc(C[C@H](NC(=O)c5ccc(C(C)(C)C)s5)C(=O)NC5CC(C(=O)O)C5)cc4)nc3)CC2)CC1. The van der Waals surface area contributed by atoms with Crippen LogP contribution in [0.25, 0.3) is 11.4 Å². The standard InChI is InChI=1S/C41H55N5O4S/c1-5-6-26-7-11-28(12-8-26)29-17-19-46(20-18-29)33-24-42-37(43-25-33)30-13-9-27(10-14-30)21-34(38(47)44-32-22-31(23-32)40(49)50)45-39(48)35-15-16-36(51-35)41(2,3)4/h9-10,13-16,24-26,28-29,31-32,34H,5-8,11-12,17-23H2,1-4H3,(H,44,47)(H,45,48)(H,49,50)/t26?,28?,31?,32?,34-/m0/s1. The Hall–Kier alpha value is -3.79. The summed E-state index contributed by atoms with van der Waals surface area (Å²) in [4.78, 5) is 51.6. The molecule has 1 saturated heterocycles. The average Bonchev–Trinajstić information content (AvgIpc) is 3.62. The average molecular weight is 714 g/mol. The molecule has 0 bridgehead atoms. The molecule has 274 valence electrons. The zero-order valence-electron chi connectivity index (χ0n) is 30.7.